The number of anilines is 2. The van der Waals surface area contributed by atoms with Gasteiger partial charge in [-0.15, -0.1) is 5.10 Å². The van der Waals surface area contributed by atoms with E-state index in [1.54, 1.807) is 0 Å². The Hall–Kier alpha value is -2.68. The lowest BCUT2D eigenvalue weighted by atomic mass is 10.1. The SMILES string of the molecule is Cc1nnc(NCc2ccc(N3CCCCCC3)nc2)c(C#N)c1C. The van der Waals surface area contributed by atoms with Crippen molar-refractivity contribution in [2.75, 3.05) is 23.3 Å². The highest BCUT2D eigenvalue weighted by Gasteiger charge is 2.12. The Labute approximate surface area is 148 Å². The number of aryl methyl sites for hydroxylation is 1. The molecule has 1 aliphatic rings. The fraction of sp³-hybridized carbons (Fsp3) is 0.474. The fourth-order valence-electron chi connectivity index (χ4n) is 3.06. The van der Waals surface area contributed by atoms with Crippen molar-refractivity contribution in [2.45, 2.75) is 46.1 Å². The lowest BCUT2D eigenvalue weighted by Gasteiger charge is -2.21. The second-order valence-corrected chi connectivity index (χ2v) is 6.53. The summed E-state index contributed by atoms with van der Waals surface area (Å²) in [5, 5.41) is 20.8. The van der Waals surface area contributed by atoms with Gasteiger partial charge in [0.2, 0.25) is 0 Å². The summed E-state index contributed by atoms with van der Waals surface area (Å²) >= 11 is 0. The first-order valence-corrected chi connectivity index (χ1v) is 8.87. The molecule has 2 aromatic heterocycles. The molecule has 2 aromatic rings. The maximum atomic E-state index is 9.35. The predicted molar refractivity (Wildman–Crippen MR) is 98.5 cm³/mol. The summed E-state index contributed by atoms with van der Waals surface area (Å²) in [6.45, 7) is 6.51. The molecule has 1 aliphatic heterocycles. The summed E-state index contributed by atoms with van der Waals surface area (Å²) in [6, 6.07) is 6.38. The third-order valence-electron chi connectivity index (χ3n) is 4.77. The van der Waals surface area contributed by atoms with Crippen molar-refractivity contribution < 1.29 is 0 Å². The topological polar surface area (TPSA) is 77.7 Å². The molecule has 1 N–H and O–H groups in total. The van der Waals surface area contributed by atoms with Gasteiger partial charge in [0.1, 0.15) is 17.5 Å². The van der Waals surface area contributed by atoms with E-state index in [-0.39, 0.29) is 0 Å². The van der Waals surface area contributed by atoms with Gasteiger partial charge in [-0.25, -0.2) is 4.98 Å². The minimum Gasteiger partial charge on any atom is -0.363 e. The van der Waals surface area contributed by atoms with Gasteiger partial charge in [0.05, 0.1) is 5.69 Å². The van der Waals surface area contributed by atoms with Crippen LogP contribution in [0.5, 0.6) is 0 Å². The van der Waals surface area contributed by atoms with Crippen molar-refractivity contribution in [3.05, 3.63) is 40.7 Å². The van der Waals surface area contributed by atoms with Crippen LogP contribution in [0.25, 0.3) is 0 Å². The van der Waals surface area contributed by atoms with Gasteiger partial charge in [-0.05, 0) is 43.9 Å². The Balaban J connectivity index is 1.66. The Morgan fingerprint density at radius 1 is 1.12 bits per heavy atom. The molecular formula is C19H24N6. The maximum Gasteiger partial charge on any atom is 0.167 e. The summed E-state index contributed by atoms with van der Waals surface area (Å²) in [6.07, 6.45) is 7.02. The summed E-state index contributed by atoms with van der Waals surface area (Å²) < 4.78 is 0. The largest absolute Gasteiger partial charge is 0.363 e. The van der Waals surface area contributed by atoms with Gasteiger partial charge >= 0.3 is 0 Å². The van der Waals surface area contributed by atoms with Crippen LogP contribution in [0.1, 0.15) is 48.1 Å². The van der Waals surface area contributed by atoms with Gasteiger partial charge in [0, 0.05) is 25.8 Å². The zero-order valence-corrected chi connectivity index (χ0v) is 14.9. The molecule has 130 valence electrons. The van der Waals surface area contributed by atoms with E-state index in [4.69, 9.17) is 0 Å². The first-order valence-electron chi connectivity index (χ1n) is 8.87. The van der Waals surface area contributed by atoms with Crippen molar-refractivity contribution in [1.29, 1.82) is 5.26 Å². The van der Waals surface area contributed by atoms with Gasteiger partial charge < -0.3 is 10.2 Å². The Morgan fingerprint density at radius 3 is 2.52 bits per heavy atom. The van der Waals surface area contributed by atoms with Crippen molar-refractivity contribution >= 4 is 11.6 Å². The van der Waals surface area contributed by atoms with Crippen LogP contribution in [0, 0.1) is 25.2 Å². The zero-order valence-electron chi connectivity index (χ0n) is 14.9. The van der Waals surface area contributed by atoms with E-state index in [1.807, 2.05) is 20.0 Å². The minimum absolute atomic E-state index is 0.530. The number of nitriles is 1. The van der Waals surface area contributed by atoms with Gasteiger partial charge in [-0.2, -0.15) is 10.4 Å². The Bertz CT molecular complexity index is 755. The molecule has 0 atom stereocenters. The summed E-state index contributed by atoms with van der Waals surface area (Å²) in [5.41, 5.74) is 3.27. The molecular weight excluding hydrogens is 312 g/mol. The number of aromatic nitrogens is 3. The number of rotatable bonds is 4. The van der Waals surface area contributed by atoms with Crippen molar-refractivity contribution in [3.63, 3.8) is 0 Å². The quantitative estimate of drug-likeness (QED) is 0.922. The molecule has 0 unspecified atom stereocenters. The molecule has 0 amide bonds. The number of nitrogens with one attached hydrogen (secondary N) is 1. The molecule has 0 aliphatic carbocycles. The van der Waals surface area contributed by atoms with E-state index in [0.29, 0.717) is 17.9 Å². The van der Waals surface area contributed by atoms with Crippen molar-refractivity contribution in [3.8, 4) is 6.07 Å². The third-order valence-corrected chi connectivity index (χ3v) is 4.77. The Morgan fingerprint density at radius 2 is 1.88 bits per heavy atom. The van der Waals surface area contributed by atoms with E-state index in [0.717, 1.165) is 35.7 Å². The van der Waals surface area contributed by atoms with Crippen LogP contribution in [0.3, 0.4) is 0 Å². The minimum atomic E-state index is 0.530. The molecule has 25 heavy (non-hydrogen) atoms. The van der Waals surface area contributed by atoms with E-state index >= 15 is 0 Å². The van der Waals surface area contributed by atoms with Crippen molar-refractivity contribution in [2.24, 2.45) is 0 Å². The molecule has 0 spiro atoms. The second-order valence-electron chi connectivity index (χ2n) is 6.53. The maximum absolute atomic E-state index is 9.35. The predicted octanol–water partition coefficient (Wildman–Crippen LogP) is 3.35. The standard InChI is InChI=1S/C19H24N6/c1-14-15(2)23-24-19(17(14)11-20)22-13-16-7-8-18(21-12-16)25-9-5-3-4-6-10-25/h7-8,12H,3-6,9-10,13H2,1-2H3,(H,22,24). The number of hydrogen-bond acceptors (Lipinski definition) is 6. The van der Waals surface area contributed by atoms with Gasteiger partial charge in [-0.1, -0.05) is 18.9 Å². The fourth-order valence-corrected chi connectivity index (χ4v) is 3.06. The van der Waals surface area contributed by atoms with Crippen LogP contribution in [-0.4, -0.2) is 28.3 Å². The number of pyridine rings is 1. The normalized spacial score (nSPS) is 14.7. The lowest BCUT2D eigenvalue weighted by Crippen LogP contribution is -2.24. The highest BCUT2D eigenvalue weighted by atomic mass is 15.2. The number of hydrogen-bond donors (Lipinski definition) is 1. The van der Waals surface area contributed by atoms with E-state index in [1.165, 1.54) is 25.7 Å². The average Bonchev–Trinajstić information content (AvgIpc) is 2.92. The van der Waals surface area contributed by atoms with E-state index in [9.17, 15) is 5.26 Å². The third kappa shape index (κ3) is 4.05. The molecule has 6 nitrogen and oxygen atoms in total. The summed E-state index contributed by atoms with van der Waals surface area (Å²) in [5.74, 6) is 1.58. The van der Waals surface area contributed by atoms with Crippen molar-refractivity contribution in [1.82, 2.24) is 15.2 Å². The molecule has 0 bridgehead atoms. The molecule has 0 aromatic carbocycles. The zero-order chi connectivity index (χ0) is 17.6. The van der Waals surface area contributed by atoms with E-state index in [2.05, 4.69) is 43.6 Å². The first-order chi connectivity index (χ1) is 12.2. The number of nitrogens with zero attached hydrogens (tertiary/aromatic N) is 5. The van der Waals surface area contributed by atoms with Crippen LogP contribution in [-0.2, 0) is 6.54 Å². The smallest absolute Gasteiger partial charge is 0.167 e. The lowest BCUT2D eigenvalue weighted by molar-refractivity contribution is 0.726. The van der Waals surface area contributed by atoms with E-state index < -0.39 is 0 Å². The molecule has 1 saturated heterocycles. The van der Waals surface area contributed by atoms with Gasteiger partial charge in [0.15, 0.2) is 5.82 Å². The van der Waals surface area contributed by atoms with Gasteiger partial charge in [0.25, 0.3) is 0 Å². The molecule has 3 heterocycles. The van der Waals surface area contributed by atoms with Gasteiger partial charge in [-0.3, -0.25) is 0 Å². The van der Waals surface area contributed by atoms with Crippen LogP contribution in [0.4, 0.5) is 11.6 Å². The van der Waals surface area contributed by atoms with Crippen LogP contribution >= 0.6 is 0 Å². The van der Waals surface area contributed by atoms with Crippen LogP contribution in [0.2, 0.25) is 0 Å². The second kappa shape index (κ2) is 7.93. The highest BCUT2D eigenvalue weighted by Crippen LogP contribution is 2.19. The molecule has 0 saturated carbocycles. The molecule has 1 fully saturated rings. The summed E-state index contributed by atoms with van der Waals surface area (Å²) in [4.78, 5) is 6.98. The highest BCUT2D eigenvalue weighted by molar-refractivity contribution is 5.56. The van der Waals surface area contributed by atoms with Crippen LogP contribution in [0.15, 0.2) is 18.3 Å². The summed E-state index contributed by atoms with van der Waals surface area (Å²) in [7, 11) is 0. The molecule has 0 radical (unpaired) electrons. The average molecular weight is 336 g/mol. The molecule has 6 heteroatoms. The Kier molecular flexibility index (Phi) is 5.44. The molecule has 3 rings (SSSR count). The monoisotopic (exact) mass is 336 g/mol. The first kappa shape index (κ1) is 17.2. The van der Waals surface area contributed by atoms with Crippen LogP contribution < -0.4 is 10.2 Å².